The molecule has 132 valence electrons. The van der Waals surface area contributed by atoms with E-state index in [1.54, 1.807) is 22.7 Å². The van der Waals surface area contributed by atoms with Gasteiger partial charge in [0.15, 0.2) is 0 Å². The van der Waals surface area contributed by atoms with Crippen molar-refractivity contribution in [2.24, 2.45) is 0 Å². The summed E-state index contributed by atoms with van der Waals surface area (Å²) in [6.07, 6.45) is 4.23. The molecule has 1 aromatic carbocycles. The number of nitrogens with one attached hydrogen (secondary N) is 1. The Morgan fingerprint density at radius 2 is 2.08 bits per heavy atom. The van der Waals surface area contributed by atoms with Crippen LogP contribution >= 0.6 is 46.0 Å². The second kappa shape index (κ2) is 7.61. The molecule has 4 rings (SSSR count). The largest absolute Gasteiger partial charge is 0.316 e. The third kappa shape index (κ3) is 3.37. The van der Waals surface area contributed by atoms with Gasteiger partial charge in [0, 0.05) is 15.0 Å². The van der Waals surface area contributed by atoms with Crippen LogP contribution in [0.4, 0.5) is 5.00 Å². The minimum absolute atomic E-state index is 0.0985. The third-order valence-electron chi connectivity index (χ3n) is 4.38. The van der Waals surface area contributed by atoms with Crippen LogP contribution in [0.15, 0.2) is 28.5 Å². The Balaban J connectivity index is 1.47. The van der Waals surface area contributed by atoms with E-state index in [1.807, 2.05) is 24.3 Å². The van der Waals surface area contributed by atoms with Gasteiger partial charge >= 0.3 is 0 Å². The molecular weight excluding hydrogens is 404 g/mol. The predicted octanol–water partition coefficient (Wildman–Crippen LogP) is 6.10. The molecule has 0 unspecified atom stereocenters. The first-order valence-electron chi connectivity index (χ1n) is 8.31. The topological polar surface area (TPSA) is 52.9 Å². The van der Waals surface area contributed by atoms with Gasteiger partial charge < -0.3 is 5.32 Å². The van der Waals surface area contributed by atoms with Gasteiger partial charge in [0.1, 0.15) is 11.1 Å². The number of thioether (sulfide) groups is 1. The molecule has 0 fully saturated rings. The molecule has 0 radical (unpaired) electrons. The lowest BCUT2D eigenvalue weighted by Crippen LogP contribution is -2.13. The van der Waals surface area contributed by atoms with Crippen molar-refractivity contribution in [3.8, 4) is 6.07 Å². The lowest BCUT2D eigenvalue weighted by molar-refractivity contribution is -0.113. The van der Waals surface area contributed by atoms with E-state index in [4.69, 9.17) is 11.6 Å². The average molecular weight is 419 g/mol. The number of hydrogen-bond acceptors (Lipinski definition) is 5. The van der Waals surface area contributed by atoms with Crippen molar-refractivity contribution < 1.29 is 4.79 Å². The summed E-state index contributed by atoms with van der Waals surface area (Å²) in [5.74, 6) is 0.179. The first-order valence-corrected chi connectivity index (χ1v) is 11.3. The molecule has 0 bridgehead atoms. The minimum atomic E-state index is -0.0985. The molecule has 3 aromatic rings. The van der Waals surface area contributed by atoms with E-state index in [0.717, 1.165) is 45.5 Å². The highest BCUT2D eigenvalue weighted by Gasteiger charge is 2.22. The normalized spacial score (nSPS) is 13.4. The third-order valence-corrected chi connectivity index (χ3v) is 8.64. The maximum Gasteiger partial charge on any atom is 0.235 e. The van der Waals surface area contributed by atoms with Crippen molar-refractivity contribution >= 4 is 67.0 Å². The fourth-order valence-corrected chi connectivity index (χ4v) is 6.99. The van der Waals surface area contributed by atoms with E-state index in [-0.39, 0.29) is 11.7 Å². The van der Waals surface area contributed by atoms with Gasteiger partial charge in [0.2, 0.25) is 5.91 Å². The number of carbonyl (C=O) groups is 1. The van der Waals surface area contributed by atoms with E-state index in [2.05, 4.69) is 11.4 Å². The zero-order valence-corrected chi connectivity index (χ0v) is 17.0. The molecule has 0 saturated heterocycles. The molecule has 1 amide bonds. The van der Waals surface area contributed by atoms with Crippen LogP contribution in [0.3, 0.4) is 0 Å². The molecule has 0 spiro atoms. The van der Waals surface area contributed by atoms with Gasteiger partial charge in [-0.2, -0.15) is 5.26 Å². The minimum Gasteiger partial charge on any atom is -0.316 e. The molecule has 0 saturated carbocycles. The number of rotatable bonds is 4. The average Bonchev–Trinajstić information content (AvgIpc) is 3.17. The number of aryl methyl sites for hydroxylation is 1. The van der Waals surface area contributed by atoms with Crippen LogP contribution in [0.5, 0.6) is 0 Å². The standard InChI is InChI=1S/C19H15ClN2OS3/c20-17-12-6-2-4-8-15(12)26-19(17)24-10-16(23)22-18-13(9-21)11-5-1-3-7-14(11)25-18/h2,4,6,8H,1,3,5,7,10H2,(H,22,23). The summed E-state index contributed by atoms with van der Waals surface area (Å²) in [5.41, 5.74) is 1.79. The lowest BCUT2D eigenvalue weighted by Gasteiger charge is -2.09. The summed E-state index contributed by atoms with van der Waals surface area (Å²) in [6, 6.07) is 10.3. The van der Waals surface area contributed by atoms with E-state index in [1.165, 1.54) is 16.6 Å². The second-order valence-electron chi connectivity index (χ2n) is 6.06. The molecule has 1 aliphatic carbocycles. The Bertz CT molecular complexity index is 1030. The molecule has 0 aliphatic heterocycles. The number of fused-ring (bicyclic) bond motifs is 2. The number of nitrogens with zero attached hydrogens (tertiary/aromatic N) is 1. The number of nitriles is 1. The summed E-state index contributed by atoms with van der Waals surface area (Å²) in [6.45, 7) is 0. The highest BCUT2D eigenvalue weighted by Crippen LogP contribution is 2.42. The quantitative estimate of drug-likeness (QED) is 0.521. The van der Waals surface area contributed by atoms with Crippen LogP contribution in [-0.2, 0) is 17.6 Å². The first-order chi connectivity index (χ1) is 12.7. The molecule has 1 aliphatic rings. The lowest BCUT2D eigenvalue weighted by atomic mass is 9.96. The Kier molecular flexibility index (Phi) is 5.23. The summed E-state index contributed by atoms with van der Waals surface area (Å²) in [4.78, 5) is 13.7. The number of benzene rings is 1. The van der Waals surface area contributed by atoms with Gasteiger partial charge in [-0.3, -0.25) is 4.79 Å². The Labute approximate surface area is 169 Å². The first kappa shape index (κ1) is 17.9. The Morgan fingerprint density at radius 1 is 1.27 bits per heavy atom. The fourth-order valence-electron chi connectivity index (χ4n) is 3.15. The molecule has 1 N–H and O–H groups in total. The zero-order valence-electron chi connectivity index (χ0n) is 13.8. The number of thiophene rings is 2. The predicted molar refractivity (Wildman–Crippen MR) is 112 cm³/mol. The van der Waals surface area contributed by atoms with Gasteiger partial charge in [0.05, 0.1) is 20.5 Å². The van der Waals surface area contributed by atoms with Crippen molar-refractivity contribution in [1.82, 2.24) is 0 Å². The van der Waals surface area contributed by atoms with Crippen molar-refractivity contribution in [3.63, 3.8) is 0 Å². The van der Waals surface area contributed by atoms with Crippen molar-refractivity contribution in [2.75, 3.05) is 11.1 Å². The van der Waals surface area contributed by atoms with Crippen LogP contribution in [0.2, 0.25) is 5.02 Å². The molecule has 26 heavy (non-hydrogen) atoms. The number of carbonyl (C=O) groups excluding carboxylic acids is 1. The molecule has 2 aromatic heterocycles. The van der Waals surface area contributed by atoms with Crippen LogP contribution in [0.25, 0.3) is 10.1 Å². The Morgan fingerprint density at radius 3 is 2.88 bits per heavy atom. The summed E-state index contributed by atoms with van der Waals surface area (Å²) < 4.78 is 2.08. The molecule has 0 atom stereocenters. The van der Waals surface area contributed by atoms with Gasteiger partial charge in [-0.25, -0.2) is 0 Å². The molecule has 7 heteroatoms. The van der Waals surface area contributed by atoms with Crippen LogP contribution in [0.1, 0.15) is 28.8 Å². The van der Waals surface area contributed by atoms with E-state index in [0.29, 0.717) is 15.6 Å². The zero-order chi connectivity index (χ0) is 18.1. The number of amides is 1. The highest BCUT2D eigenvalue weighted by molar-refractivity contribution is 8.02. The molecule has 2 heterocycles. The molecule has 3 nitrogen and oxygen atoms in total. The van der Waals surface area contributed by atoms with Crippen molar-refractivity contribution in [2.45, 2.75) is 29.9 Å². The SMILES string of the molecule is N#Cc1c(NC(=O)CSc2sc3ccccc3c2Cl)sc2c1CCCC2. The van der Waals surface area contributed by atoms with Gasteiger partial charge in [-0.15, -0.1) is 34.4 Å². The number of halogens is 1. The number of hydrogen-bond donors (Lipinski definition) is 1. The Hall–Kier alpha value is -1.52. The van der Waals surface area contributed by atoms with Gasteiger partial charge in [-0.05, 0) is 37.3 Å². The number of anilines is 1. The van der Waals surface area contributed by atoms with Gasteiger partial charge in [-0.1, -0.05) is 29.8 Å². The van der Waals surface area contributed by atoms with Crippen molar-refractivity contribution in [1.29, 1.82) is 5.26 Å². The van der Waals surface area contributed by atoms with Crippen LogP contribution in [-0.4, -0.2) is 11.7 Å². The second-order valence-corrected chi connectivity index (χ2v) is 9.84. The summed E-state index contributed by atoms with van der Waals surface area (Å²) in [5, 5.41) is 14.9. The van der Waals surface area contributed by atoms with Crippen molar-refractivity contribution in [3.05, 3.63) is 45.3 Å². The van der Waals surface area contributed by atoms with Crippen LogP contribution < -0.4 is 5.32 Å². The van der Waals surface area contributed by atoms with E-state index < -0.39 is 0 Å². The monoisotopic (exact) mass is 418 g/mol. The highest BCUT2D eigenvalue weighted by atomic mass is 35.5. The smallest absolute Gasteiger partial charge is 0.235 e. The van der Waals surface area contributed by atoms with Gasteiger partial charge in [0.25, 0.3) is 0 Å². The summed E-state index contributed by atoms with van der Waals surface area (Å²) >= 11 is 11.0. The van der Waals surface area contributed by atoms with E-state index >= 15 is 0 Å². The maximum atomic E-state index is 12.4. The van der Waals surface area contributed by atoms with E-state index in [9.17, 15) is 10.1 Å². The summed E-state index contributed by atoms with van der Waals surface area (Å²) in [7, 11) is 0. The maximum absolute atomic E-state index is 12.4. The fraction of sp³-hybridized carbons (Fsp3) is 0.263. The molecular formula is C19H15ClN2OS3. The van der Waals surface area contributed by atoms with Crippen LogP contribution in [0, 0.1) is 11.3 Å².